The second-order valence-corrected chi connectivity index (χ2v) is 6.43. The van der Waals surface area contributed by atoms with Crippen molar-refractivity contribution in [2.24, 2.45) is 0 Å². The van der Waals surface area contributed by atoms with Gasteiger partial charge < -0.3 is 31.2 Å². The largest absolute Gasteiger partial charge is 0.496 e. The van der Waals surface area contributed by atoms with Crippen molar-refractivity contribution in [3.05, 3.63) is 54.1 Å². The lowest BCUT2D eigenvalue weighted by Crippen LogP contribution is -2.01. The molecule has 2 aromatic heterocycles. The minimum atomic E-state index is -0.545. The molecule has 31 heavy (non-hydrogen) atoms. The zero-order valence-corrected chi connectivity index (χ0v) is 16.5. The second-order valence-electron chi connectivity index (χ2n) is 6.43. The van der Waals surface area contributed by atoms with Crippen molar-refractivity contribution in [1.29, 1.82) is 0 Å². The number of nitrogens with one attached hydrogen (secondary N) is 2. The van der Waals surface area contributed by atoms with Crippen molar-refractivity contribution in [2.45, 2.75) is 6.67 Å². The summed E-state index contributed by atoms with van der Waals surface area (Å²) in [6.45, 7) is -0.545. The molecule has 10 nitrogen and oxygen atoms in total. The molecule has 158 valence electrons. The van der Waals surface area contributed by atoms with Crippen LogP contribution in [-0.4, -0.2) is 32.3 Å². The quantitative estimate of drug-likeness (QED) is 0.351. The van der Waals surface area contributed by atoms with Crippen molar-refractivity contribution in [1.82, 2.24) is 25.1 Å². The van der Waals surface area contributed by atoms with Crippen molar-refractivity contribution in [3.8, 4) is 28.8 Å². The highest BCUT2D eigenvalue weighted by atomic mass is 19.1. The minimum absolute atomic E-state index is 0.0114. The van der Waals surface area contributed by atoms with Crippen LogP contribution in [0.2, 0.25) is 0 Å². The Morgan fingerprint density at radius 3 is 2.71 bits per heavy atom. The average Bonchev–Trinajstić information content (AvgIpc) is 3.21. The van der Waals surface area contributed by atoms with E-state index in [1.165, 1.54) is 13.2 Å². The van der Waals surface area contributed by atoms with Crippen LogP contribution in [0.1, 0.15) is 5.56 Å². The third-order valence-corrected chi connectivity index (χ3v) is 4.22. The first-order chi connectivity index (χ1) is 15.0. The highest BCUT2D eigenvalue weighted by molar-refractivity contribution is 5.67. The fourth-order valence-electron chi connectivity index (χ4n) is 2.87. The first-order valence-corrected chi connectivity index (χ1v) is 9.15. The number of aromatic amines is 1. The smallest absolute Gasteiger partial charge is 0.226 e. The van der Waals surface area contributed by atoms with Gasteiger partial charge in [0.15, 0.2) is 5.82 Å². The number of nitrogens with zero attached hydrogens (tertiary/aromatic N) is 4. The van der Waals surface area contributed by atoms with E-state index in [4.69, 9.17) is 20.9 Å². The van der Waals surface area contributed by atoms with Crippen LogP contribution in [0.25, 0.3) is 11.4 Å². The molecule has 0 atom stereocenters. The van der Waals surface area contributed by atoms with Gasteiger partial charge in [0, 0.05) is 17.8 Å². The van der Waals surface area contributed by atoms with Gasteiger partial charge in [-0.1, -0.05) is 12.1 Å². The van der Waals surface area contributed by atoms with Crippen molar-refractivity contribution >= 4 is 23.4 Å². The van der Waals surface area contributed by atoms with Crippen LogP contribution >= 0.6 is 0 Å². The van der Waals surface area contributed by atoms with Crippen LogP contribution in [-0.2, 0) is 6.67 Å². The van der Waals surface area contributed by atoms with Gasteiger partial charge in [-0.05, 0) is 29.8 Å². The van der Waals surface area contributed by atoms with E-state index < -0.39 is 6.67 Å². The molecule has 0 radical (unpaired) electrons. The number of benzene rings is 2. The summed E-state index contributed by atoms with van der Waals surface area (Å²) in [6, 6.07) is 13.6. The van der Waals surface area contributed by atoms with E-state index in [2.05, 4.69) is 30.5 Å². The maximum atomic E-state index is 12.9. The molecule has 4 aromatic rings. The molecule has 0 aliphatic heterocycles. The lowest BCUT2D eigenvalue weighted by atomic mass is 10.2. The topological polar surface area (TPSA) is 150 Å². The van der Waals surface area contributed by atoms with E-state index in [1.807, 2.05) is 0 Å². The van der Waals surface area contributed by atoms with E-state index in [-0.39, 0.29) is 17.6 Å². The molecule has 4 rings (SSSR count). The number of H-pyrrole nitrogens is 1. The van der Waals surface area contributed by atoms with E-state index in [9.17, 15) is 4.39 Å². The van der Waals surface area contributed by atoms with Gasteiger partial charge in [-0.3, -0.25) is 0 Å². The van der Waals surface area contributed by atoms with Crippen molar-refractivity contribution in [2.75, 3.05) is 23.9 Å². The molecule has 0 saturated heterocycles. The fraction of sp³-hybridized carbons (Fsp3) is 0.100. The number of anilines is 4. The molecule has 0 saturated carbocycles. The molecule has 2 heterocycles. The number of halogens is 1. The van der Waals surface area contributed by atoms with Crippen LogP contribution in [0.4, 0.5) is 27.8 Å². The van der Waals surface area contributed by atoms with Crippen LogP contribution in [0.3, 0.4) is 0 Å². The normalized spacial score (nSPS) is 10.6. The van der Waals surface area contributed by atoms with Crippen LogP contribution < -0.4 is 26.3 Å². The van der Waals surface area contributed by atoms with Gasteiger partial charge in [0.25, 0.3) is 0 Å². The summed E-state index contributed by atoms with van der Waals surface area (Å²) in [5.74, 6) is 2.25. The Bertz CT molecular complexity index is 1190. The molecular weight excluding hydrogens is 403 g/mol. The third-order valence-electron chi connectivity index (χ3n) is 4.22. The van der Waals surface area contributed by atoms with Gasteiger partial charge >= 0.3 is 0 Å². The highest BCUT2D eigenvalue weighted by Gasteiger charge is 2.14. The summed E-state index contributed by atoms with van der Waals surface area (Å²) in [7, 11) is 1.53. The summed E-state index contributed by atoms with van der Waals surface area (Å²) >= 11 is 0. The summed E-state index contributed by atoms with van der Waals surface area (Å²) in [5, 5.41) is 11.3. The number of hydrogen-bond donors (Lipinski definition) is 4. The lowest BCUT2D eigenvalue weighted by molar-refractivity contribution is 0.408. The molecule has 0 aliphatic carbocycles. The van der Waals surface area contributed by atoms with Gasteiger partial charge in [0.2, 0.25) is 17.8 Å². The number of rotatable bonds is 7. The van der Waals surface area contributed by atoms with Gasteiger partial charge in [0.05, 0.1) is 12.7 Å². The molecular formula is C20H19FN8O2. The Morgan fingerprint density at radius 1 is 1.06 bits per heavy atom. The Hall–Kier alpha value is -4.41. The standard InChI is InChI=1S/C20H19FN8O2/c1-30-15-8-13(31-17-9-16(22)25-19(23)26-17)5-6-14(15)18-27-20(29-28-18)24-12-4-2-3-11(7-12)10-21/h2-9H,10H2,1H3,(H4,22,23,25,26)(H2,24,27,28,29). The second kappa shape index (κ2) is 8.53. The zero-order valence-electron chi connectivity index (χ0n) is 16.5. The monoisotopic (exact) mass is 422 g/mol. The Kier molecular flexibility index (Phi) is 5.47. The Labute approximate surface area is 176 Å². The predicted octanol–water partition coefficient (Wildman–Crippen LogP) is 3.44. The molecule has 11 heteroatoms. The molecule has 2 aromatic carbocycles. The molecule has 0 unspecified atom stereocenters. The first kappa shape index (κ1) is 19.9. The van der Waals surface area contributed by atoms with E-state index in [0.29, 0.717) is 40.1 Å². The lowest BCUT2D eigenvalue weighted by Gasteiger charge is -2.10. The van der Waals surface area contributed by atoms with Crippen molar-refractivity contribution < 1.29 is 13.9 Å². The van der Waals surface area contributed by atoms with E-state index in [1.54, 1.807) is 42.5 Å². The Morgan fingerprint density at radius 2 is 1.94 bits per heavy atom. The molecule has 0 aliphatic rings. The van der Waals surface area contributed by atoms with Gasteiger partial charge in [0.1, 0.15) is 24.0 Å². The molecule has 0 amide bonds. The van der Waals surface area contributed by atoms with Crippen molar-refractivity contribution in [3.63, 3.8) is 0 Å². The zero-order chi connectivity index (χ0) is 21.8. The molecule has 6 N–H and O–H groups in total. The number of aromatic nitrogens is 5. The summed E-state index contributed by atoms with van der Waals surface area (Å²) < 4.78 is 24.0. The summed E-state index contributed by atoms with van der Waals surface area (Å²) in [6.07, 6.45) is 0. The van der Waals surface area contributed by atoms with Gasteiger partial charge in [-0.15, -0.1) is 10.2 Å². The third kappa shape index (κ3) is 4.61. The highest BCUT2D eigenvalue weighted by Crippen LogP contribution is 2.33. The molecule has 0 bridgehead atoms. The number of ether oxygens (including phenoxy) is 2. The molecule has 0 spiro atoms. The van der Waals surface area contributed by atoms with E-state index >= 15 is 0 Å². The SMILES string of the molecule is COc1cc(Oc2cc(N)nc(N)n2)ccc1-c1nnc(Nc2cccc(CF)c2)[nH]1. The minimum Gasteiger partial charge on any atom is -0.496 e. The van der Waals surface area contributed by atoms with Crippen LogP contribution in [0, 0.1) is 0 Å². The maximum absolute atomic E-state index is 12.9. The van der Waals surface area contributed by atoms with Gasteiger partial charge in [-0.2, -0.15) is 9.97 Å². The number of alkyl halides is 1. The van der Waals surface area contributed by atoms with Crippen LogP contribution in [0.15, 0.2) is 48.5 Å². The molecule has 0 fully saturated rings. The average molecular weight is 422 g/mol. The first-order valence-electron chi connectivity index (χ1n) is 9.15. The number of nitrogen functional groups attached to an aromatic ring is 2. The van der Waals surface area contributed by atoms with E-state index in [0.717, 1.165) is 0 Å². The van der Waals surface area contributed by atoms with Crippen LogP contribution in [0.5, 0.6) is 17.4 Å². The number of hydrogen-bond acceptors (Lipinski definition) is 9. The predicted molar refractivity (Wildman–Crippen MR) is 114 cm³/mol. The Balaban J connectivity index is 1.55. The summed E-state index contributed by atoms with van der Waals surface area (Å²) in [5.41, 5.74) is 13.2. The number of methoxy groups -OCH3 is 1. The summed E-state index contributed by atoms with van der Waals surface area (Å²) in [4.78, 5) is 10.9. The fourth-order valence-corrected chi connectivity index (χ4v) is 2.87. The van der Waals surface area contributed by atoms with Gasteiger partial charge in [-0.25, -0.2) is 4.39 Å². The number of nitrogens with two attached hydrogens (primary N) is 2. The maximum Gasteiger partial charge on any atom is 0.226 e.